The third-order valence-corrected chi connectivity index (χ3v) is 3.01. The summed E-state index contributed by atoms with van der Waals surface area (Å²) in [6.07, 6.45) is 1.91. The third kappa shape index (κ3) is 4.72. The molecule has 0 saturated carbocycles. The Balaban J connectivity index is 2.97. The Morgan fingerprint density at radius 1 is 1.25 bits per heavy atom. The molecule has 0 aliphatic rings. The SMILES string of the molecule is CCCNc1cccc(NC(C)CC(C)C)c1[N+](=O)[O-]. The Kier molecular flexibility index (Phi) is 6.28. The van der Waals surface area contributed by atoms with E-state index in [9.17, 15) is 10.1 Å². The van der Waals surface area contributed by atoms with Gasteiger partial charge in [0.1, 0.15) is 11.4 Å². The molecule has 5 heteroatoms. The maximum Gasteiger partial charge on any atom is 0.315 e. The van der Waals surface area contributed by atoms with E-state index in [2.05, 4.69) is 31.4 Å². The second-order valence-corrected chi connectivity index (χ2v) is 5.56. The third-order valence-electron chi connectivity index (χ3n) is 3.01. The molecule has 1 atom stereocenters. The van der Waals surface area contributed by atoms with Crippen LogP contribution in [0, 0.1) is 16.0 Å². The summed E-state index contributed by atoms with van der Waals surface area (Å²) in [5.74, 6) is 0.554. The lowest BCUT2D eigenvalue weighted by Crippen LogP contribution is -2.18. The second kappa shape index (κ2) is 7.72. The van der Waals surface area contributed by atoms with Gasteiger partial charge in [-0.15, -0.1) is 0 Å². The van der Waals surface area contributed by atoms with Crippen LogP contribution in [-0.4, -0.2) is 17.5 Å². The van der Waals surface area contributed by atoms with Crippen molar-refractivity contribution in [2.45, 2.75) is 46.6 Å². The van der Waals surface area contributed by atoms with Crippen LogP contribution < -0.4 is 10.6 Å². The number of hydrogen-bond donors (Lipinski definition) is 2. The smallest absolute Gasteiger partial charge is 0.315 e. The highest BCUT2D eigenvalue weighted by Gasteiger charge is 2.20. The van der Waals surface area contributed by atoms with Crippen molar-refractivity contribution in [2.75, 3.05) is 17.2 Å². The topological polar surface area (TPSA) is 67.2 Å². The highest BCUT2D eigenvalue weighted by Crippen LogP contribution is 2.33. The van der Waals surface area contributed by atoms with Crippen LogP contribution in [0.5, 0.6) is 0 Å². The van der Waals surface area contributed by atoms with Gasteiger partial charge in [-0.05, 0) is 37.8 Å². The predicted molar refractivity (Wildman–Crippen MR) is 84.4 cm³/mol. The molecule has 1 aromatic carbocycles. The summed E-state index contributed by atoms with van der Waals surface area (Å²) in [4.78, 5) is 11.0. The van der Waals surface area contributed by atoms with Crippen molar-refractivity contribution >= 4 is 17.1 Å². The molecule has 0 spiro atoms. The first kappa shape index (κ1) is 16.3. The number of nitrogens with one attached hydrogen (secondary N) is 2. The van der Waals surface area contributed by atoms with Gasteiger partial charge in [-0.25, -0.2) is 0 Å². The van der Waals surface area contributed by atoms with Crippen LogP contribution in [0.2, 0.25) is 0 Å². The number of anilines is 2. The molecule has 1 rings (SSSR count). The van der Waals surface area contributed by atoms with Crippen LogP contribution in [0.4, 0.5) is 17.1 Å². The Morgan fingerprint density at radius 3 is 2.45 bits per heavy atom. The van der Waals surface area contributed by atoms with Crippen molar-refractivity contribution in [3.63, 3.8) is 0 Å². The summed E-state index contributed by atoms with van der Waals surface area (Å²) >= 11 is 0. The molecule has 0 aliphatic carbocycles. The molecular formula is C15H25N3O2. The van der Waals surface area contributed by atoms with Gasteiger partial charge in [0.25, 0.3) is 0 Å². The van der Waals surface area contributed by atoms with Gasteiger partial charge in [0.15, 0.2) is 0 Å². The lowest BCUT2D eigenvalue weighted by Gasteiger charge is -2.18. The van der Waals surface area contributed by atoms with Gasteiger partial charge in [-0.3, -0.25) is 10.1 Å². The van der Waals surface area contributed by atoms with E-state index >= 15 is 0 Å². The Hall–Kier alpha value is -1.78. The van der Waals surface area contributed by atoms with Crippen LogP contribution >= 0.6 is 0 Å². The molecule has 0 saturated heterocycles. The zero-order valence-corrected chi connectivity index (χ0v) is 12.8. The zero-order valence-electron chi connectivity index (χ0n) is 12.8. The quantitative estimate of drug-likeness (QED) is 0.551. The van der Waals surface area contributed by atoms with E-state index in [1.807, 2.05) is 13.0 Å². The maximum absolute atomic E-state index is 11.3. The molecule has 0 fully saturated rings. The van der Waals surface area contributed by atoms with E-state index in [-0.39, 0.29) is 16.7 Å². The first-order valence-electron chi connectivity index (χ1n) is 7.23. The number of nitrogens with zero attached hydrogens (tertiary/aromatic N) is 1. The molecule has 0 radical (unpaired) electrons. The summed E-state index contributed by atoms with van der Waals surface area (Å²) in [5, 5.41) is 17.7. The lowest BCUT2D eigenvalue weighted by molar-refractivity contribution is -0.383. The average molecular weight is 279 g/mol. The molecule has 0 aromatic heterocycles. The van der Waals surface area contributed by atoms with Gasteiger partial charge in [-0.2, -0.15) is 0 Å². The minimum atomic E-state index is -0.317. The van der Waals surface area contributed by atoms with Crippen molar-refractivity contribution in [3.05, 3.63) is 28.3 Å². The molecule has 20 heavy (non-hydrogen) atoms. The highest BCUT2D eigenvalue weighted by atomic mass is 16.6. The van der Waals surface area contributed by atoms with Crippen molar-refractivity contribution in [3.8, 4) is 0 Å². The average Bonchev–Trinajstić information content (AvgIpc) is 2.34. The maximum atomic E-state index is 11.3. The largest absolute Gasteiger partial charge is 0.379 e. The van der Waals surface area contributed by atoms with E-state index < -0.39 is 0 Å². The van der Waals surface area contributed by atoms with E-state index in [0.29, 0.717) is 17.3 Å². The molecule has 1 unspecified atom stereocenters. The minimum Gasteiger partial charge on any atom is -0.379 e. The van der Waals surface area contributed by atoms with Crippen LogP contribution in [0.25, 0.3) is 0 Å². The van der Waals surface area contributed by atoms with E-state index in [0.717, 1.165) is 19.4 Å². The molecule has 0 heterocycles. The first-order valence-corrected chi connectivity index (χ1v) is 7.23. The standard InChI is InChI=1S/C15H25N3O2/c1-5-9-16-13-7-6-8-14(15(13)18(19)20)17-12(4)10-11(2)3/h6-8,11-12,16-17H,5,9-10H2,1-4H3. The predicted octanol–water partition coefficient (Wildman–Crippen LogP) is 4.26. The number of nitro benzene ring substituents is 1. The number of rotatable bonds is 8. The van der Waals surface area contributed by atoms with Gasteiger partial charge in [0, 0.05) is 12.6 Å². The van der Waals surface area contributed by atoms with Gasteiger partial charge in [-0.1, -0.05) is 26.8 Å². The monoisotopic (exact) mass is 279 g/mol. The van der Waals surface area contributed by atoms with Gasteiger partial charge >= 0.3 is 5.69 Å². The first-order chi connectivity index (χ1) is 9.45. The summed E-state index contributed by atoms with van der Waals surface area (Å²) in [5.41, 5.74) is 1.31. The van der Waals surface area contributed by atoms with Gasteiger partial charge < -0.3 is 10.6 Å². The fraction of sp³-hybridized carbons (Fsp3) is 0.600. The van der Waals surface area contributed by atoms with Crippen LogP contribution in [-0.2, 0) is 0 Å². The zero-order chi connectivity index (χ0) is 15.1. The number of para-hydroxylation sites is 1. The number of benzene rings is 1. The normalized spacial score (nSPS) is 12.2. The van der Waals surface area contributed by atoms with Crippen molar-refractivity contribution in [1.82, 2.24) is 0 Å². The highest BCUT2D eigenvalue weighted by molar-refractivity contribution is 5.76. The molecule has 112 valence electrons. The lowest BCUT2D eigenvalue weighted by atomic mass is 10.0. The number of hydrogen-bond acceptors (Lipinski definition) is 4. The van der Waals surface area contributed by atoms with Crippen molar-refractivity contribution in [1.29, 1.82) is 0 Å². The Bertz CT molecular complexity index is 447. The molecule has 5 nitrogen and oxygen atoms in total. The van der Waals surface area contributed by atoms with Crippen molar-refractivity contribution in [2.24, 2.45) is 5.92 Å². The van der Waals surface area contributed by atoms with Crippen LogP contribution in [0.3, 0.4) is 0 Å². The summed E-state index contributed by atoms with van der Waals surface area (Å²) in [7, 11) is 0. The van der Waals surface area contributed by atoms with E-state index in [4.69, 9.17) is 0 Å². The second-order valence-electron chi connectivity index (χ2n) is 5.56. The van der Waals surface area contributed by atoms with E-state index in [1.54, 1.807) is 12.1 Å². The fourth-order valence-corrected chi connectivity index (χ4v) is 2.29. The molecule has 0 aliphatic heterocycles. The molecule has 2 N–H and O–H groups in total. The summed E-state index contributed by atoms with van der Waals surface area (Å²) in [6, 6.07) is 5.57. The molecule has 1 aromatic rings. The van der Waals surface area contributed by atoms with E-state index in [1.165, 1.54) is 0 Å². The molecular weight excluding hydrogens is 254 g/mol. The molecule has 0 bridgehead atoms. The van der Waals surface area contributed by atoms with Crippen molar-refractivity contribution < 1.29 is 4.92 Å². The minimum absolute atomic E-state index is 0.136. The Labute approximate surface area is 120 Å². The fourth-order valence-electron chi connectivity index (χ4n) is 2.29. The number of nitro groups is 1. The molecule has 0 amide bonds. The Morgan fingerprint density at radius 2 is 1.90 bits per heavy atom. The summed E-state index contributed by atoms with van der Waals surface area (Å²) in [6.45, 7) is 9.10. The van der Waals surface area contributed by atoms with Gasteiger partial charge in [0.2, 0.25) is 0 Å². The van der Waals surface area contributed by atoms with Crippen LogP contribution in [0.1, 0.15) is 40.5 Å². The summed E-state index contributed by atoms with van der Waals surface area (Å²) < 4.78 is 0. The van der Waals surface area contributed by atoms with Gasteiger partial charge in [0.05, 0.1) is 4.92 Å². The van der Waals surface area contributed by atoms with Crippen LogP contribution in [0.15, 0.2) is 18.2 Å².